The fourth-order valence-corrected chi connectivity index (χ4v) is 2.71. The lowest BCUT2D eigenvalue weighted by Gasteiger charge is -2.33. The summed E-state index contributed by atoms with van der Waals surface area (Å²) in [5.74, 6) is 2.49. The van der Waals surface area contributed by atoms with E-state index in [1.54, 1.807) is 0 Å². The second kappa shape index (κ2) is 4.40. The third kappa shape index (κ3) is 2.25. The van der Waals surface area contributed by atoms with Crippen LogP contribution < -0.4 is 5.32 Å². The van der Waals surface area contributed by atoms with Crippen LogP contribution in [0.3, 0.4) is 0 Å². The molecule has 2 rings (SSSR count). The van der Waals surface area contributed by atoms with E-state index in [1.165, 1.54) is 24.8 Å². The Morgan fingerprint density at radius 2 is 2.20 bits per heavy atom. The molecule has 1 aliphatic rings. The summed E-state index contributed by atoms with van der Waals surface area (Å²) in [5, 5.41) is 3.40. The summed E-state index contributed by atoms with van der Waals surface area (Å²) in [5.41, 5.74) is 1.39. The zero-order valence-electron chi connectivity index (χ0n) is 9.92. The van der Waals surface area contributed by atoms with Crippen molar-refractivity contribution in [1.82, 2.24) is 5.32 Å². The van der Waals surface area contributed by atoms with Crippen molar-refractivity contribution in [2.45, 2.75) is 45.1 Å². The Morgan fingerprint density at radius 1 is 1.40 bits per heavy atom. The van der Waals surface area contributed by atoms with Crippen molar-refractivity contribution in [2.75, 3.05) is 7.05 Å². The van der Waals surface area contributed by atoms with Gasteiger partial charge in [-0.25, -0.2) is 0 Å². The standard InChI is InChI=1S/C13H21NO/c1-9-4-5-12(14-3)7-13(9)11-6-10(2)15-8-11/h6,8-9,12-14H,4-5,7H2,1-3H3. The van der Waals surface area contributed by atoms with E-state index in [9.17, 15) is 0 Å². The fraction of sp³-hybridized carbons (Fsp3) is 0.692. The lowest BCUT2D eigenvalue weighted by atomic mass is 9.75. The summed E-state index contributed by atoms with van der Waals surface area (Å²) in [4.78, 5) is 0. The molecule has 3 atom stereocenters. The van der Waals surface area contributed by atoms with Gasteiger partial charge in [0.25, 0.3) is 0 Å². The van der Waals surface area contributed by atoms with Crippen LogP contribution in [0.4, 0.5) is 0 Å². The van der Waals surface area contributed by atoms with Gasteiger partial charge in [0.1, 0.15) is 5.76 Å². The fourth-order valence-electron chi connectivity index (χ4n) is 2.71. The minimum atomic E-state index is 0.675. The highest BCUT2D eigenvalue weighted by Crippen LogP contribution is 2.38. The van der Waals surface area contributed by atoms with Gasteiger partial charge in [0, 0.05) is 6.04 Å². The average Bonchev–Trinajstić information content (AvgIpc) is 2.65. The lowest BCUT2D eigenvalue weighted by molar-refractivity contribution is 0.276. The van der Waals surface area contributed by atoms with Crippen LogP contribution in [-0.4, -0.2) is 13.1 Å². The third-order valence-electron chi connectivity index (χ3n) is 3.78. The summed E-state index contributed by atoms with van der Waals surface area (Å²) >= 11 is 0. The Morgan fingerprint density at radius 3 is 2.80 bits per heavy atom. The van der Waals surface area contributed by atoms with Gasteiger partial charge in [0.05, 0.1) is 6.26 Å². The molecule has 15 heavy (non-hydrogen) atoms. The molecule has 2 heteroatoms. The molecule has 0 amide bonds. The van der Waals surface area contributed by atoms with E-state index in [-0.39, 0.29) is 0 Å². The van der Waals surface area contributed by atoms with Crippen LogP contribution in [0.15, 0.2) is 16.7 Å². The van der Waals surface area contributed by atoms with Crippen LogP contribution in [0.25, 0.3) is 0 Å². The number of nitrogens with one attached hydrogen (secondary N) is 1. The highest BCUT2D eigenvalue weighted by atomic mass is 16.3. The first-order chi connectivity index (χ1) is 7.20. The van der Waals surface area contributed by atoms with E-state index in [4.69, 9.17) is 4.42 Å². The lowest BCUT2D eigenvalue weighted by Crippen LogP contribution is -2.33. The Bertz CT molecular complexity index is 318. The Labute approximate surface area is 92.1 Å². The molecule has 1 heterocycles. The van der Waals surface area contributed by atoms with Crippen molar-refractivity contribution in [2.24, 2.45) is 5.92 Å². The van der Waals surface area contributed by atoms with Gasteiger partial charge in [-0.15, -0.1) is 0 Å². The van der Waals surface area contributed by atoms with E-state index >= 15 is 0 Å². The number of hydrogen-bond acceptors (Lipinski definition) is 2. The Balaban J connectivity index is 2.12. The number of hydrogen-bond donors (Lipinski definition) is 1. The first-order valence-corrected chi connectivity index (χ1v) is 5.93. The molecule has 1 fully saturated rings. The van der Waals surface area contributed by atoms with Crippen LogP contribution in [0.2, 0.25) is 0 Å². The van der Waals surface area contributed by atoms with Gasteiger partial charge < -0.3 is 9.73 Å². The molecule has 0 saturated heterocycles. The van der Waals surface area contributed by atoms with Crippen molar-refractivity contribution in [3.63, 3.8) is 0 Å². The summed E-state index contributed by atoms with van der Waals surface area (Å²) < 4.78 is 5.41. The van der Waals surface area contributed by atoms with Gasteiger partial charge in [-0.05, 0) is 56.7 Å². The quantitative estimate of drug-likeness (QED) is 0.806. The molecule has 2 nitrogen and oxygen atoms in total. The number of aryl methyl sites for hydroxylation is 1. The maximum absolute atomic E-state index is 5.41. The van der Waals surface area contributed by atoms with E-state index in [0.717, 1.165) is 11.7 Å². The van der Waals surface area contributed by atoms with E-state index in [1.807, 2.05) is 13.2 Å². The molecule has 0 radical (unpaired) electrons. The van der Waals surface area contributed by atoms with Crippen LogP contribution in [0.5, 0.6) is 0 Å². The first-order valence-electron chi connectivity index (χ1n) is 5.93. The summed E-state index contributed by atoms with van der Waals surface area (Å²) in [6.45, 7) is 4.38. The molecule has 1 aliphatic carbocycles. The van der Waals surface area contributed by atoms with Crippen molar-refractivity contribution < 1.29 is 4.42 Å². The molecule has 3 unspecified atom stereocenters. The van der Waals surface area contributed by atoms with Crippen LogP contribution in [0, 0.1) is 12.8 Å². The smallest absolute Gasteiger partial charge is 0.100 e. The number of rotatable bonds is 2. The third-order valence-corrected chi connectivity index (χ3v) is 3.78. The normalized spacial score (nSPS) is 31.8. The van der Waals surface area contributed by atoms with Gasteiger partial charge in [0.15, 0.2) is 0 Å². The van der Waals surface area contributed by atoms with E-state index < -0.39 is 0 Å². The van der Waals surface area contributed by atoms with E-state index in [2.05, 4.69) is 25.4 Å². The van der Waals surface area contributed by atoms with Gasteiger partial charge in [0.2, 0.25) is 0 Å². The van der Waals surface area contributed by atoms with Crippen molar-refractivity contribution in [3.05, 3.63) is 23.7 Å². The van der Waals surface area contributed by atoms with Crippen molar-refractivity contribution in [3.8, 4) is 0 Å². The average molecular weight is 207 g/mol. The van der Waals surface area contributed by atoms with Gasteiger partial charge >= 0.3 is 0 Å². The topological polar surface area (TPSA) is 25.2 Å². The maximum Gasteiger partial charge on any atom is 0.100 e. The SMILES string of the molecule is CNC1CCC(C)C(c2coc(C)c2)C1. The van der Waals surface area contributed by atoms with Gasteiger partial charge in [-0.1, -0.05) is 6.92 Å². The highest BCUT2D eigenvalue weighted by molar-refractivity contribution is 5.19. The van der Waals surface area contributed by atoms with Gasteiger partial charge in [-0.2, -0.15) is 0 Å². The molecule has 1 aromatic rings. The molecule has 0 aliphatic heterocycles. The molecule has 0 spiro atoms. The molecule has 0 bridgehead atoms. The van der Waals surface area contributed by atoms with Crippen LogP contribution >= 0.6 is 0 Å². The molecule has 1 aromatic heterocycles. The zero-order valence-corrected chi connectivity index (χ0v) is 9.92. The monoisotopic (exact) mass is 207 g/mol. The maximum atomic E-state index is 5.41. The highest BCUT2D eigenvalue weighted by Gasteiger charge is 2.28. The predicted octanol–water partition coefficient (Wildman–Crippen LogP) is 3.08. The Hall–Kier alpha value is -0.760. The van der Waals surface area contributed by atoms with Crippen molar-refractivity contribution in [1.29, 1.82) is 0 Å². The van der Waals surface area contributed by atoms with E-state index in [0.29, 0.717) is 12.0 Å². The molecule has 0 aromatic carbocycles. The first kappa shape index (κ1) is 10.7. The largest absolute Gasteiger partial charge is 0.469 e. The zero-order chi connectivity index (χ0) is 10.8. The molecule has 1 N–H and O–H groups in total. The van der Waals surface area contributed by atoms with Crippen LogP contribution in [0.1, 0.15) is 43.4 Å². The predicted molar refractivity (Wildman–Crippen MR) is 62.0 cm³/mol. The van der Waals surface area contributed by atoms with Gasteiger partial charge in [-0.3, -0.25) is 0 Å². The summed E-state index contributed by atoms with van der Waals surface area (Å²) in [7, 11) is 2.07. The summed E-state index contributed by atoms with van der Waals surface area (Å²) in [6.07, 6.45) is 5.82. The molecule has 1 saturated carbocycles. The van der Waals surface area contributed by atoms with Crippen LogP contribution in [-0.2, 0) is 0 Å². The minimum absolute atomic E-state index is 0.675. The minimum Gasteiger partial charge on any atom is -0.469 e. The number of furan rings is 1. The molecular weight excluding hydrogens is 186 g/mol. The second-order valence-corrected chi connectivity index (χ2v) is 4.87. The molecular formula is C13H21NO. The van der Waals surface area contributed by atoms with Crippen molar-refractivity contribution >= 4 is 0 Å². The second-order valence-electron chi connectivity index (χ2n) is 4.87. The summed E-state index contributed by atoms with van der Waals surface area (Å²) in [6, 6.07) is 2.88. The molecule has 84 valence electrons. The Kier molecular flexibility index (Phi) is 3.15.